The SMILES string of the molecule is CCCNc1ccc(C(=O)N(C)Cc2cccnc2)nn1. The Labute approximate surface area is 124 Å². The van der Waals surface area contributed by atoms with Crippen LogP contribution in [0.4, 0.5) is 5.82 Å². The van der Waals surface area contributed by atoms with Crippen LogP contribution in [0.25, 0.3) is 0 Å². The van der Waals surface area contributed by atoms with Gasteiger partial charge in [0.1, 0.15) is 5.82 Å². The monoisotopic (exact) mass is 285 g/mol. The summed E-state index contributed by atoms with van der Waals surface area (Å²) in [7, 11) is 1.74. The number of hydrogen-bond donors (Lipinski definition) is 1. The topological polar surface area (TPSA) is 71.0 Å². The van der Waals surface area contributed by atoms with Gasteiger partial charge in [-0.3, -0.25) is 9.78 Å². The number of carbonyl (C=O) groups is 1. The first kappa shape index (κ1) is 14.9. The van der Waals surface area contributed by atoms with Crippen LogP contribution >= 0.6 is 0 Å². The van der Waals surface area contributed by atoms with Crippen molar-refractivity contribution < 1.29 is 4.79 Å². The Bertz CT molecular complexity index is 570. The minimum atomic E-state index is -0.159. The zero-order valence-electron chi connectivity index (χ0n) is 12.3. The maximum atomic E-state index is 12.3. The fraction of sp³-hybridized carbons (Fsp3) is 0.333. The maximum Gasteiger partial charge on any atom is 0.274 e. The lowest BCUT2D eigenvalue weighted by molar-refractivity contribution is 0.0778. The van der Waals surface area contributed by atoms with Gasteiger partial charge < -0.3 is 10.2 Å². The number of carbonyl (C=O) groups excluding carboxylic acids is 1. The van der Waals surface area contributed by atoms with E-state index in [1.165, 1.54) is 0 Å². The van der Waals surface area contributed by atoms with Crippen molar-refractivity contribution in [1.82, 2.24) is 20.1 Å². The van der Waals surface area contributed by atoms with Crippen LogP contribution in [0.1, 0.15) is 29.4 Å². The molecule has 0 aromatic carbocycles. The molecule has 0 atom stereocenters. The fourth-order valence-corrected chi connectivity index (χ4v) is 1.83. The number of nitrogens with one attached hydrogen (secondary N) is 1. The number of rotatable bonds is 6. The van der Waals surface area contributed by atoms with Crippen molar-refractivity contribution in [2.75, 3.05) is 18.9 Å². The van der Waals surface area contributed by atoms with E-state index >= 15 is 0 Å². The predicted molar refractivity (Wildman–Crippen MR) is 80.8 cm³/mol. The molecule has 0 saturated heterocycles. The Morgan fingerprint density at radius 1 is 1.29 bits per heavy atom. The number of nitrogens with zero attached hydrogens (tertiary/aromatic N) is 4. The molecule has 0 unspecified atom stereocenters. The van der Waals surface area contributed by atoms with Gasteiger partial charge in [-0.15, -0.1) is 10.2 Å². The van der Waals surface area contributed by atoms with Crippen molar-refractivity contribution in [3.05, 3.63) is 47.9 Å². The molecule has 0 aliphatic heterocycles. The van der Waals surface area contributed by atoms with E-state index in [-0.39, 0.29) is 5.91 Å². The Morgan fingerprint density at radius 3 is 2.76 bits per heavy atom. The number of hydrogen-bond acceptors (Lipinski definition) is 5. The van der Waals surface area contributed by atoms with Crippen molar-refractivity contribution in [2.45, 2.75) is 19.9 Å². The van der Waals surface area contributed by atoms with Gasteiger partial charge in [0.25, 0.3) is 5.91 Å². The van der Waals surface area contributed by atoms with Crippen LogP contribution in [0.5, 0.6) is 0 Å². The predicted octanol–water partition coefficient (Wildman–Crippen LogP) is 1.97. The first-order valence-electron chi connectivity index (χ1n) is 6.92. The summed E-state index contributed by atoms with van der Waals surface area (Å²) >= 11 is 0. The van der Waals surface area contributed by atoms with Gasteiger partial charge in [-0.25, -0.2) is 0 Å². The van der Waals surface area contributed by atoms with Crippen LogP contribution in [0, 0.1) is 0 Å². The minimum Gasteiger partial charge on any atom is -0.369 e. The fourth-order valence-electron chi connectivity index (χ4n) is 1.83. The minimum absolute atomic E-state index is 0.159. The summed E-state index contributed by atoms with van der Waals surface area (Å²) in [5.41, 5.74) is 1.31. The second-order valence-electron chi connectivity index (χ2n) is 4.75. The van der Waals surface area contributed by atoms with Gasteiger partial charge in [-0.05, 0) is 30.2 Å². The van der Waals surface area contributed by atoms with Crippen LogP contribution in [0.2, 0.25) is 0 Å². The molecule has 0 fully saturated rings. The first-order valence-corrected chi connectivity index (χ1v) is 6.92. The largest absolute Gasteiger partial charge is 0.369 e. The van der Waals surface area contributed by atoms with Crippen LogP contribution in [-0.2, 0) is 6.54 Å². The van der Waals surface area contributed by atoms with Gasteiger partial charge in [-0.1, -0.05) is 13.0 Å². The highest BCUT2D eigenvalue weighted by Gasteiger charge is 2.14. The van der Waals surface area contributed by atoms with Gasteiger partial charge in [0.05, 0.1) is 0 Å². The van der Waals surface area contributed by atoms with E-state index in [0.717, 1.165) is 18.5 Å². The summed E-state index contributed by atoms with van der Waals surface area (Å²) in [6.07, 6.45) is 4.46. The Balaban J connectivity index is 1.98. The average Bonchev–Trinajstić information content (AvgIpc) is 2.53. The zero-order chi connectivity index (χ0) is 15.1. The second-order valence-corrected chi connectivity index (χ2v) is 4.75. The number of amides is 1. The van der Waals surface area contributed by atoms with E-state index in [1.807, 2.05) is 12.1 Å². The standard InChI is InChI=1S/C15H19N5O/c1-3-8-17-14-7-6-13(18-19-14)15(21)20(2)11-12-5-4-9-16-10-12/h4-7,9-10H,3,8,11H2,1-2H3,(H,17,19). The molecule has 21 heavy (non-hydrogen) atoms. The van der Waals surface area contributed by atoms with Crippen LogP contribution in [0.3, 0.4) is 0 Å². The molecule has 0 saturated carbocycles. The van der Waals surface area contributed by atoms with Crippen molar-refractivity contribution >= 4 is 11.7 Å². The van der Waals surface area contributed by atoms with E-state index in [4.69, 9.17) is 0 Å². The third-order valence-electron chi connectivity index (χ3n) is 2.93. The molecule has 6 heteroatoms. The average molecular weight is 285 g/mol. The summed E-state index contributed by atoms with van der Waals surface area (Å²) in [5.74, 6) is 0.525. The molecule has 0 aliphatic rings. The summed E-state index contributed by atoms with van der Waals surface area (Å²) in [6, 6.07) is 7.24. The Morgan fingerprint density at radius 2 is 2.14 bits per heavy atom. The van der Waals surface area contributed by atoms with E-state index in [1.54, 1.807) is 36.5 Å². The van der Waals surface area contributed by atoms with Gasteiger partial charge in [0.2, 0.25) is 0 Å². The zero-order valence-corrected chi connectivity index (χ0v) is 12.3. The van der Waals surface area contributed by atoms with Gasteiger partial charge >= 0.3 is 0 Å². The van der Waals surface area contributed by atoms with Gasteiger partial charge in [0, 0.05) is 32.5 Å². The molecule has 1 amide bonds. The first-order chi connectivity index (χ1) is 10.2. The van der Waals surface area contributed by atoms with E-state index in [9.17, 15) is 4.79 Å². The molecule has 1 N–H and O–H groups in total. The van der Waals surface area contributed by atoms with Crippen molar-refractivity contribution in [3.8, 4) is 0 Å². The van der Waals surface area contributed by atoms with Gasteiger partial charge in [-0.2, -0.15) is 0 Å². The molecule has 2 aromatic heterocycles. The molecule has 0 bridgehead atoms. The highest BCUT2D eigenvalue weighted by atomic mass is 16.2. The quantitative estimate of drug-likeness (QED) is 0.878. The molecule has 2 heterocycles. The smallest absolute Gasteiger partial charge is 0.274 e. The molecule has 0 radical (unpaired) electrons. The van der Waals surface area contributed by atoms with E-state index in [0.29, 0.717) is 18.1 Å². The molecule has 0 spiro atoms. The summed E-state index contributed by atoms with van der Waals surface area (Å²) < 4.78 is 0. The Hall–Kier alpha value is -2.50. The normalized spacial score (nSPS) is 10.2. The number of anilines is 1. The molecule has 2 rings (SSSR count). The van der Waals surface area contributed by atoms with Crippen LogP contribution in [0.15, 0.2) is 36.7 Å². The van der Waals surface area contributed by atoms with E-state index < -0.39 is 0 Å². The van der Waals surface area contributed by atoms with Crippen molar-refractivity contribution in [3.63, 3.8) is 0 Å². The lowest BCUT2D eigenvalue weighted by atomic mass is 10.2. The molecule has 0 aliphatic carbocycles. The van der Waals surface area contributed by atoms with Crippen molar-refractivity contribution in [2.24, 2.45) is 0 Å². The summed E-state index contributed by atoms with van der Waals surface area (Å²) in [5, 5.41) is 11.1. The number of aromatic nitrogens is 3. The summed E-state index contributed by atoms with van der Waals surface area (Å²) in [6.45, 7) is 3.40. The molecule has 110 valence electrons. The molecular weight excluding hydrogens is 266 g/mol. The molecular formula is C15H19N5O. The highest BCUT2D eigenvalue weighted by Crippen LogP contribution is 2.07. The number of pyridine rings is 1. The summed E-state index contributed by atoms with van der Waals surface area (Å²) in [4.78, 5) is 17.9. The van der Waals surface area contributed by atoms with E-state index in [2.05, 4.69) is 27.4 Å². The Kier molecular flexibility index (Phi) is 5.20. The van der Waals surface area contributed by atoms with Gasteiger partial charge in [0.15, 0.2) is 5.69 Å². The third kappa shape index (κ3) is 4.24. The molecule has 2 aromatic rings. The third-order valence-corrected chi connectivity index (χ3v) is 2.93. The van der Waals surface area contributed by atoms with Crippen LogP contribution in [-0.4, -0.2) is 39.6 Å². The maximum absolute atomic E-state index is 12.3. The lowest BCUT2D eigenvalue weighted by Crippen LogP contribution is -2.27. The lowest BCUT2D eigenvalue weighted by Gasteiger charge is -2.16. The van der Waals surface area contributed by atoms with Crippen LogP contribution < -0.4 is 5.32 Å². The molecule has 6 nitrogen and oxygen atoms in total. The highest BCUT2D eigenvalue weighted by molar-refractivity contribution is 5.92. The second kappa shape index (κ2) is 7.33. The van der Waals surface area contributed by atoms with Crippen molar-refractivity contribution in [1.29, 1.82) is 0 Å².